The first kappa shape index (κ1) is 11.0. The highest BCUT2D eigenvalue weighted by Crippen LogP contribution is 2.16. The smallest absolute Gasteiger partial charge is 0.221 e. The summed E-state index contributed by atoms with van der Waals surface area (Å²) in [4.78, 5) is 0. The molecule has 2 rings (SSSR count). The minimum atomic E-state index is -3.47. The molecule has 2 aromatic rings. The third-order valence-corrected chi connectivity index (χ3v) is 2.98. The van der Waals surface area contributed by atoms with Crippen molar-refractivity contribution in [3.63, 3.8) is 0 Å². The van der Waals surface area contributed by atoms with E-state index in [1.807, 2.05) is 0 Å². The van der Waals surface area contributed by atoms with Gasteiger partial charge in [0.25, 0.3) is 5.16 Å². The predicted molar refractivity (Wildman–Crippen MR) is 57.3 cm³/mol. The highest BCUT2D eigenvalue weighted by atomic mass is 35.5. The summed E-state index contributed by atoms with van der Waals surface area (Å²) in [6.45, 7) is 0. The lowest BCUT2D eigenvalue weighted by Gasteiger charge is -2.02. The first-order chi connectivity index (χ1) is 7.48. The zero-order chi connectivity index (χ0) is 11.8. The van der Waals surface area contributed by atoms with Crippen LogP contribution in [0.5, 0.6) is 0 Å². The Bertz CT molecular complexity index is 622. The molecule has 8 heteroatoms. The molecule has 0 aliphatic rings. The minimum Gasteiger partial charge on any atom is -0.221 e. The van der Waals surface area contributed by atoms with Gasteiger partial charge in [0.2, 0.25) is 9.84 Å². The summed E-state index contributed by atoms with van der Waals surface area (Å²) in [5.41, 5.74) is 0.498. The molecule has 0 bridgehead atoms. The molecular formula is C8H7ClN4O2S. The molecular weight excluding hydrogens is 252 g/mol. The third-order valence-electron chi connectivity index (χ3n) is 1.83. The van der Waals surface area contributed by atoms with E-state index < -0.39 is 9.84 Å². The summed E-state index contributed by atoms with van der Waals surface area (Å²) in [7, 11) is -3.47. The van der Waals surface area contributed by atoms with Crippen LogP contribution in [0.3, 0.4) is 0 Å². The van der Waals surface area contributed by atoms with Crippen molar-refractivity contribution in [3.05, 3.63) is 29.3 Å². The molecule has 1 heterocycles. The number of aromatic nitrogens is 4. The molecule has 0 spiro atoms. The van der Waals surface area contributed by atoms with E-state index in [-0.39, 0.29) is 5.16 Å². The molecule has 6 nitrogen and oxygen atoms in total. The van der Waals surface area contributed by atoms with Gasteiger partial charge < -0.3 is 0 Å². The van der Waals surface area contributed by atoms with Gasteiger partial charge in [0.05, 0.1) is 5.69 Å². The predicted octanol–water partition coefficient (Wildman–Crippen LogP) is 0.719. The molecule has 0 fully saturated rings. The van der Waals surface area contributed by atoms with E-state index >= 15 is 0 Å². The van der Waals surface area contributed by atoms with Crippen molar-refractivity contribution in [2.45, 2.75) is 5.16 Å². The van der Waals surface area contributed by atoms with Crippen LogP contribution >= 0.6 is 11.6 Å². The van der Waals surface area contributed by atoms with Crippen molar-refractivity contribution in [1.82, 2.24) is 20.2 Å². The number of rotatable bonds is 2. The van der Waals surface area contributed by atoms with E-state index in [4.69, 9.17) is 11.6 Å². The van der Waals surface area contributed by atoms with Crippen LogP contribution in [0.25, 0.3) is 5.69 Å². The molecule has 0 aliphatic carbocycles. The van der Waals surface area contributed by atoms with Crippen molar-refractivity contribution in [2.75, 3.05) is 6.26 Å². The number of halogens is 1. The molecule has 0 saturated heterocycles. The van der Waals surface area contributed by atoms with Crippen molar-refractivity contribution in [1.29, 1.82) is 0 Å². The Labute approximate surface area is 96.8 Å². The average Bonchev–Trinajstić information content (AvgIpc) is 2.65. The normalized spacial score (nSPS) is 11.6. The van der Waals surface area contributed by atoms with Gasteiger partial charge in [-0.3, -0.25) is 0 Å². The Morgan fingerprint density at radius 3 is 2.75 bits per heavy atom. The highest BCUT2D eigenvalue weighted by molar-refractivity contribution is 7.90. The van der Waals surface area contributed by atoms with Gasteiger partial charge in [-0.05, 0) is 28.6 Å². The summed E-state index contributed by atoms with van der Waals surface area (Å²) >= 11 is 5.80. The number of sulfone groups is 1. The lowest BCUT2D eigenvalue weighted by molar-refractivity contribution is 0.586. The van der Waals surface area contributed by atoms with Crippen LogP contribution in [0.4, 0.5) is 0 Å². The van der Waals surface area contributed by atoms with Crippen LogP contribution in [0.1, 0.15) is 0 Å². The van der Waals surface area contributed by atoms with Gasteiger partial charge in [-0.2, -0.15) is 4.68 Å². The fourth-order valence-electron chi connectivity index (χ4n) is 1.18. The molecule has 84 valence electrons. The van der Waals surface area contributed by atoms with Crippen LogP contribution < -0.4 is 0 Å². The molecule has 0 amide bonds. The Morgan fingerprint density at radius 1 is 1.38 bits per heavy atom. The Hall–Kier alpha value is -1.47. The van der Waals surface area contributed by atoms with Crippen LogP contribution in [-0.2, 0) is 9.84 Å². The van der Waals surface area contributed by atoms with Crippen molar-refractivity contribution >= 4 is 21.4 Å². The first-order valence-electron chi connectivity index (χ1n) is 4.23. The Balaban J connectivity index is 2.62. The molecule has 1 aromatic heterocycles. The molecule has 0 aliphatic heterocycles. The van der Waals surface area contributed by atoms with Crippen molar-refractivity contribution in [3.8, 4) is 5.69 Å². The second-order valence-electron chi connectivity index (χ2n) is 3.13. The van der Waals surface area contributed by atoms with Crippen molar-refractivity contribution < 1.29 is 8.42 Å². The fourth-order valence-corrected chi connectivity index (χ4v) is 2.01. The summed E-state index contributed by atoms with van der Waals surface area (Å²) in [5, 5.41) is 10.7. The maximum Gasteiger partial charge on any atom is 0.272 e. The fraction of sp³-hybridized carbons (Fsp3) is 0.125. The molecule has 16 heavy (non-hydrogen) atoms. The lowest BCUT2D eigenvalue weighted by atomic mass is 10.3. The SMILES string of the molecule is CS(=O)(=O)c1nnnn1-c1cccc(Cl)c1. The van der Waals surface area contributed by atoms with E-state index in [0.717, 1.165) is 10.9 Å². The maximum absolute atomic E-state index is 11.4. The zero-order valence-corrected chi connectivity index (χ0v) is 9.77. The van der Waals surface area contributed by atoms with Gasteiger partial charge in [0, 0.05) is 11.3 Å². The van der Waals surface area contributed by atoms with Crippen LogP contribution in [0, 0.1) is 0 Å². The third kappa shape index (κ3) is 2.05. The summed E-state index contributed by atoms with van der Waals surface area (Å²) < 4.78 is 23.9. The van der Waals surface area contributed by atoms with E-state index in [0.29, 0.717) is 10.7 Å². The summed E-state index contributed by atoms with van der Waals surface area (Å²) in [6.07, 6.45) is 1.04. The van der Waals surface area contributed by atoms with E-state index in [1.54, 1.807) is 24.3 Å². The van der Waals surface area contributed by atoms with E-state index in [1.165, 1.54) is 0 Å². The highest BCUT2D eigenvalue weighted by Gasteiger charge is 2.18. The number of benzene rings is 1. The Morgan fingerprint density at radius 2 is 2.12 bits per heavy atom. The number of hydrogen-bond acceptors (Lipinski definition) is 5. The zero-order valence-electron chi connectivity index (χ0n) is 8.20. The molecule has 0 atom stereocenters. The summed E-state index contributed by atoms with van der Waals surface area (Å²) in [5.74, 6) is 0. The molecule has 0 unspecified atom stereocenters. The van der Waals surface area contributed by atoms with Gasteiger partial charge in [-0.25, -0.2) is 8.42 Å². The van der Waals surface area contributed by atoms with Crippen molar-refractivity contribution in [2.24, 2.45) is 0 Å². The molecule has 0 N–H and O–H groups in total. The standard InChI is InChI=1S/C8H7ClN4O2S/c1-16(14,15)8-10-11-12-13(8)7-4-2-3-6(9)5-7/h2-5H,1H3. The van der Waals surface area contributed by atoms with E-state index in [2.05, 4.69) is 15.5 Å². The largest absolute Gasteiger partial charge is 0.272 e. The second-order valence-corrected chi connectivity index (χ2v) is 5.47. The van der Waals surface area contributed by atoms with Gasteiger partial charge in [-0.15, -0.1) is 0 Å². The van der Waals surface area contributed by atoms with Gasteiger partial charge >= 0.3 is 0 Å². The maximum atomic E-state index is 11.4. The second kappa shape index (κ2) is 3.84. The quantitative estimate of drug-likeness (QED) is 0.793. The average molecular weight is 259 g/mol. The van der Waals surface area contributed by atoms with Gasteiger partial charge in [0.1, 0.15) is 0 Å². The monoisotopic (exact) mass is 258 g/mol. The van der Waals surface area contributed by atoms with E-state index in [9.17, 15) is 8.42 Å². The number of hydrogen-bond donors (Lipinski definition) is 0. The minimum absolute atomic E-state index is 0.213. The first-order valence-corrected chi connectivity index (χ1v) is 6.50. The molecule has 0 saturated carbocycles. The summed E-state index contributed by atoms with van der Waals surface area (Å²) in [6, 6.07) is 6.60. The van der Waals surface area contributed by atoms with Crippen LogP contribution in [0.15, 0.2) is 29.4 Å². The number of nitrogens with zero attached hydrogens (tertiary/aromatic N) is 4. The van der Waals surface area contributed by atoms with Gasteiger partial charge in [-0.1, -0.05) is 22.8 Å². The topological polar surface area (TPSA) is 77.7 Å². The molecule has 0 radical (unpaired) electrons. The van der Waals surface area contributed by atoms with Crippen LogP contribution in [-0.4, -0.2) is 34.9 Å². The van der Waals surface area contributed by atoms with Crippen LogP contribution in [0.2, 0.25) is 5.02 Å². The lowest BCUT2D eigenvalue weighted by Crippen LogP contribution is -2.08. The molecule has 1 aromatic carbocycles. The number of tetrazole rings is 1. The van der Waals surface area contributed by atoms with Gasteiger partial charge in [0.15, 0.2) is 0 Å². The Kier molecular flexibility index (Phi) is 2.64.